The summed E-state index contributed by atoms with van der Waals surface area (Å²) in [5, 5.41) is 0. The fraction of sp³-hybridized carbons (Fsp3) is 0.696. The quantitative estimate of drug-likeness (QED) is 0.803. The molecule has 1 amide bonds. The molecule has 0 aliphatic carbocycles. The van der Waals surface area contributed by atoms with E-state index in [1.807, 2.05) is 6.07 Å². The van der Waals surface area contributed by atoms with Crippen LogP contribution in [-0.4, -0.2) is 61.7 Å². The second kappa shape index (κ2) is 8.03. The van der Waals surface area contributed by atoms with E-state index in [2.05, 4.69) is 28.0 Å². The molecular formula is C23H32N2O3. The van der Waals surface area contributed by atoms with Crippen LogP contribution in [0.25, 0.3) is 0 Å². The van der Waals surface area contributed by atoms with Crippen LogP contribution >= 0.6 is 0 Å². The summed E-state index contributed by atoms with van der Waals surface area (Å²) in [6.07, 6.45) is 5.83. The van der Waals surface area contributed by atoms with Crippen molar-refractivity contribution < 1.29 is 14.3 Å². The van der Waals surface area contributed by atoms with Gasteiger partial charge in [0.1, 0.15) is 5.75 Å². The Balaban J connectivity index is 1.40. The normalized spacial score (nSPS) is 31.1. The number of nitrogens with zero attached hydrogens (tertiary/aromatic N) is 2. The van der Waals surface area contributed by atoms with Crippen LogP contribution in [0, 0.1) is 17.8 Å². The van der Waals surface area contributed by atoms with Crippen LogP contribution in [0.5, 0.6) is 5.75 Å². The topological polar surface area (TPSA) is 42.0 Å². The van der Waals surface area contributed by atoms with Crippen molar-refractivity contribution in [2.45, 2.75) is 38.1 Å². The van der Waals surface area contributed by atoms with Gasteiger partial charge in [0.2, 0.25) is 5.91 Å². The maximum absolute atomic E-state index is 13.4. The highest BCUT2D eigenvalue weighted by molar-refractivity contribution is 5.80. The molecule has 0 unspecified atom stereocenters. The van der Waals surface area contributed by atoms with Crippen molar-refractivity contribution in [3.63, 3.8) is 0 Å². The Morgan fingerprint density at radius 3 is 2.68 bits per heavy atom. The highest BCUT2D eigenvalue weighted by Crippen LogP contribution is 2.48. The fourth-order valence-electron chi connectivity index (χ4n) is 5.73. The van der Waals surface area contributed by atoms with Crippen LogP contribution in [0.2, 0.25) is 0 Å². The maximum atomic E-state index is 13.4. The van der Waals surface area contributed by atoms with E-state index in [1.54, 1.807) is 0 Å². The first-order chi connectivity index (χ1) is 13.8. The largest absolute Gasteiger partial charge is 0.493 e. The third-order valence-electron chi connectivity index (χ3n) is 7.23. The highest BCUT2D eigenvalue weighted by atomic mass is 16.5. The van der Waals surface area contributed by atoms with Crippen molar-refractivity contribution in [3.05, 3.63) is 29.8 Å². The highest BCUT2D eigenvalue weighted by Gasteiger charge is 2.50. The summed E-state index contributed by atoms with van der Waals surface area (Å²) >= 11 is 0. The smallest absolute Gasteiger partial charge is 0.227 e. The van der Waals surface area contributed by atoms with Crippen LogP contribution in [0.4, 0.5) is 0 Å². The van der Waals surface area contributed by atoms with Crippen LogP contribution < -0.4 is 4.74 Å². The molecular weight excluding hydrogens is 352 g/mol. The number of ether oxygens (including phenoxy) is 2. The molecule has 3 saturated heterocycles. The molecule has 5 heteroatoms. The minimum Gasteiger partial charge on any atom is -0.493 e. The zero-order chi connectivity index (χ0) is 18.9. The monoisotopic (exact) mass is 384 g/mol. The number of piperidine rings is 1. The first-order valence-electron chi connectivity index (χ1n) is 11.1. The van der Waals surface area contributed by atoms with Crippen LogP contribution in [-0.2, 0) is 9.53 Å². The number of amides is 1. The Bertz CT molecular complexity index is 697. The van der Waals surface area contributed by atoms with Gasteiger partial charge in [0.15, 0.2) is 0 Å². The van der Waals surface area contributed by atoms with Gasteiger partial charge in [-0.2, -0.15) is 0 Å². The van der Waals surface area contributed by atoms with Crippen molar-refractivity contribution >= 4 is 5.91 Å². The minimum absolute atomic E-state index is 0.0660. The number of carbonyl (C=O) groups is 1. The molecule has 1 aromatic carbocycles. The molecule has 28 heavy (non-hydrogen) atoms. The van der Waals surface area contributed by atoms with Crippen molar-refractivity contribution in [1.82, 2.24) is 9.80 Å². The first-order valence-corrected chi connectivity index (χ1v) is 11.1. The number of para-hydroxylation sites is 1. The molecule has 0 aromatic heterocycles. The molecule has 0 saturated carbocycles. The average molecular weight is 385 g/mol. The summed E-state index contributed by atoms with van der Waals surface area (Å²) in [6.45, 7) is 6.23. The van der Waals surface area contributed by atoms with Gasteiger partial charge < -0.3 is 14.4 Å². The minimum atomic E-state index is 0.0660. The number of benzene rings is 1. The number of hydrogen-bond donors (Lipinski definition) is 0. The molecule has 4 aliphatic heterocycles. The summed E-state index contributed by atoms with van der Waals surface area (Å²) in [5.41, 5.74) is 1.28. The summed E-state index contributed by atoms with van der Waals surface area (Å²) in [6, 6.07) is 8.76. The Morgan fingerprint density at radius 2 is 1.86 bits per heavy atom. The van der Waals surface area contributed by atoms with Crippen molar-refractivity contribution in [2.75, 3.05) is 46.0 Å². The standard InChI is InChI=1S/C23H32N2O3/c26-23(24-10-4-1-5-11-24)19-15-25(14-17-8-12-27-13-9-17)22-18-6-2-3-7-21(18)28-16-20(19)22/h2-3,6-7,17,19-20,22H,1,4-5,8-16H2/t19-,20+,22+/m1/s1. The molecule has 152 valence electrons. The number of carbonyl (C=O) groups excluding carboxylic acids is 1. The van der Waals surface area contributed by atoms with Gasteiger partial charge in [-0.25, -0.2) is 0 Å². The predicted molar refractivity (Wildman–Crippen MR) is 107 cm³/mol. The van der Waals surface area contributed by atoms with Gasteiger partial charge in [0.25, 0.3) is 0 Å². The van der Waals surface area contributed by atoms with E-state index in [4.69, 9.17) is 9.47 Å². The molecule has 3 atom stereocenters. The molecule has 0 N–H and O–H groups in total. The Hall–Kier alpha value is -1.59. The number of rotatable bonds is 3. The summed E-state index contributed by atoms with van der Waals surface area (Å²) in [7, 11) is 0. The molecule has 1 aromatic rings. The molecule has 5 nitrogen and oxygen atoms in total. The van der Waals surface area contributed by atoms with Crippen LogP contribution in [0.3, 0.4) is 0 Å². The van der Waals surface area contributed by atoms with Gasteiger partial charge in [0.05, 0.1) is 12.5 Å². The van der Waals surface area contributed by atoms with Crippen molar-refractivity contribution in [2.24, 2.45) is 17.8 Å². The number of likely N-dealkylation sites (tertiary alicyclic amines) is 2. The van der Waals surface area contributed by atoms with E-state index in [1.165, 1.54) is 12.0 Å². The lowest BCUT2D eigenvalue weighted by Crippen LogP contribution is -2.43. The van der Waals surface area contributed by atoms with Crippen molar-refractivity contribution in [1.29, 1.82) is 0 Å². The van der Waals surface area contributed by atoms with E-state index in [9.17, 15) is 4.79 Å². The Labute approximate surface area is 168 Å². The van der Waals surface area contributed by atoms with Gasteiger partial charge in [0, 0.05) is 56.9 Å². The van der Waals surface area contributed by atoms with Crippen LogP contribution in [0.1, 0.15) is 43.7 Å². The second-order valence-electron chi connectivity index (χ2n) is 8.96. The molecule has 4 aliphatic rings. The summed E-state index contributed by atoms with van der Waals surface area (Å²) in [4.78, 5) is 18.2. The second-order valence-corrected chi connectivity index (χ2v) is 8.96. The lowest BCUT2D eigenvalue weighted by molar-refractivity contribution is -0.137. The molecule has 0 spiro atoms. The van der Waals surface area contributed by atoms with Crippen LogP contribution in [0.15, 0.2) is 24.3 Å². The Morgan fingerprint density at radius 1 is 1.07 bits per heavy atom. The van der Waals surface area contributed by atoms with Gasteiger partial charge in [-0.3, -0.25) is 9.69 Å². The third kappa shape index (κ3) is 3.43. The zero-order valence-electron chi connectivity index (χ0n) is 16.7. The van der Waals surface area contributed by atoms with Gasteiger partial charge in [-0.05, 0) is 44.1 Å². The molecule has 0 bridgehead atoms. The first kappa shape index (κ1) is 18.4. The van der Waals surface area contributed by atoms with E-state index in [-0.39, 0.29) is 11.8 Å². The van der Waals surface area contributed by atoms with E-state index >= 15 is 0 Å². The molecule has 0 radical (unpaired) electrons. The lowest BCUT2D eigenvalue weighted by Gasteiger charge is -2.37. The van der Waals surface area contributed by atoms with E-state index in [0.717, 1.165) is 70.8 Å². The Kier molecular flexibility index (Phi) is 5.29. The average Bonchev–Trinajstić information content (AvgIpc) is 3.13. The third-order valence-corrected chi connectivity index (χ3v) is 7.23. The van der Waals surface area contributed by atoms with Gasteiger partial charge in [-0.1, -0.05) is 18.2 Å². The lowest BCUT2D eigenvalue weighted by atomic mass is 9.84. The number of fused-ring (bicyclic) bond motifs is 3. The van der Waals surface area contributed by atoms with Gasteiger partial charge in [-0.15, -0.1) is 0 Å². The van der Waals surface area contributed by atoms with E-state index < -0.39 is 0 Å². The van der Waals surface area contributed by atoms with Gasteiger partial charge >= 0.3 is 0 Å². The fourth-order valence-corrected chi connectivity index (χ4v) is 5.73. The predicted octanol–water partition coefficient (Wildman–Crippen LogP) is 3.11. The van der Waals surface area contributed by atoms with E-state index in [0.29, 0.717) is 24.5 Å². The van der Waals surface area contributed by atoms with Crippen molar-refractivity contribution in [3.8, 4) is 5.75 Å². The summed E-state index contributed by atoms with van der Waals surface area (Å²) < 4.78 is 11.7. The molecule has 4 heterocycles. The number of hydrogen-bond acceptors (Lipinski definition) is 4. The summed E-state index contributed by atoms with van der Waals surface area (Å²) in [5.74, 6) is 2.38. The molecule has 3 fully saturated rings. The zero-order valence-corrected chi connectivity index (χ0v) is 16.7. The SMILES string of the molecule is O=C([C@@H]1CN(CC2CCOCC2)[C@H]2c3ccccc3OC[C@@H]12)N1CCCCC1. The maximum Gasteiger partial charge on any atom is 0.227 e. The molecule has 5 rings (SSSR count).